The van der Waals surface area contributed by atoms with Crippen LogP contribution in [-0.2, 0) is 6.54 Å². The lowest BCUT2D eigenvalue weighted by atomic mass is 9.66. The second-order valence-corrected chi connectivity index (χ2v) is 6.61. The Morgan fingerprint density at radius 1 is 1.50 bits per heavy atom. The first kappa shape index (κ1) is 15.4. The van der Waals surface area contributed by atoms with Crippen molar-refractivity contribution in [3.05, 3.63) is 11.9 Å². The van der Waals surface area contributed by atoms with Crippen LogP contribution in [0.2, 0.25) is 0 Å². The van der Waals surface area contributed by atoms with Crippen molar-refractivity contribution in [2.24, 2.45) is 11.3 Å². The molecule has 1 N–H and O–H groups in total. The Balaban J connectivity index is 2.31. The van der Waals surface area contributed by atoms with E-state index in [2.05, 4.69) is 25.9 Å². The molecule has 1 aromatic rings. The van der Waals surface area contributed by atoms with Crippen LogP contribution in [0, 0.1) is 11.3 Å². The van der Waals surface area contributed by atoms with E-state index in [1.165, 1.54) is 19.3 Å². The summed E-state index contributed by atoms with van der Waals surface area (Å²) in [7, 11) is 1.65. The van der Waals surface area contributed by atoms with Gasteiger partial charge in [0.15, 0.2) is 5.75 Å². The second-order valence-electron chi connectivity index (χ2n) is 6.61. The van der Waals surface area contributed by atoms with Gasteiger partial charge in [-0.05, 0) is 30.6 Å². The van der Waals surface area contributed by atoms with Gasteiger partial charge in [0.2, 0.25) is 0 Å². The summed E-state index contributed by atoms with van der Waals surface area (Å²) in [5, 5.41) is 15.3. The van der Waals surface area contributed by atoms with Crippen LogP contribution in [0.5, 0.6) is 5.75 Å². The molecule has 2 atom stereocenters. The predicted octanol–water partition coefficient (Wildman–Crippen LogP) is 3.55. The summed E-state index contributed by atoms with van der Waals surface area (Å²) < 4.78 is 7.32. The molecule has 1 saturated carbocycles. The number of methoxy groups -OCH3 is 1. The highest BCUT2D eigenvalue weighted by Gasteiger charge is 2.39. The first-order valence-electron chi connectivity index (χ1n) is 7.79. The third-order valence-electron chi connectivity index (χ3n) is 4.75. The number of rotatable bonds is 5. The van der Waals surface area contributed by atoms with E-state index in [9.17, 15) is 5.11 Å². The molecule has 0 amide bonds. The van der Waals surface area contributed by atoms with Crippen LogP contribution in [0.3, 0.4) is 0 Å². The van der Waals surface area contributed by atoms with E-state index in [0.717, 1.165) is 25.1 Å². The number of aryl methyl sites for hydroxylation is 1. The van der Waals surface area contributed by atoms with Gasteiger partial charge >= 0.3 is 0 Å². The Labute approximate surface area is 122 Å². The maximum Gasteiger partial charge on any atom is 0.162 e. The summed E-state index contributed by atoms with van der Waals surface area (Å²) in [4.78, 5) is 0. The van der Waals surface area contributed by atoms with Crippen molar-refractivity contribution in [1.29, 1.82) is 0 Å². The Morgan fingerprint density at radius 3 is 2.85 bits per heavy atom. The van der Waals surface area contributed by atoms with E-state index >= 15 is 0 Å². The zero-order valence-corrected chi connectivity index (χ0v) is 13.2. The molecule has 1 heterocycles. The zero-order valence-electron chi connectivity index (χ0n) is 13.2. The molecule has 4 heteroatoms. The van der Waals surface area contributed by atoms with Crippen LogP contribution in [0.4, 0.5) is 0 Å². The van der Waals surface area contributed by atoms with Gasteiger partial charge in [0, 0.05) is 6.54 Å². The highest BCUT2D eigenvalue weighted by atomic mass is 16.5. The van der Waals surface area contributed by atoms with Gasteiger partial charge in [-0.25, -0.2) is 0 Å². The van der Waals surface area contributed by atoms with E-state index in [1.807, 2.05) is 4.68 Å². The van der Waals surface area contributed by atoms with Gasteiger partial charge in [0.05, 0.1) is 13.3 Å². The van der Waals surface area contributed by atoms with Crippen molar-refractivity contribution in [2.75, 3.05) is 7.11 Å². The summed E-state index contributed by atoms with van der Waals surface area (Å²) in [6.07, 6.45) is 6.96. The topological polar surface area (TPSA) is 47.3 Å². The van der Waals surface area contributed by atoms with E-state index in [0.29, 0.717) is 5.75 Å². The quantitative estimate of drug-likeness (QED) is 0.897. The first-order chi connectivity index (χ1) is 9.51. The van der Waals surface area contributed by atoms with Crippen LogP contribution in [0.25, 0.3) is 0 Å². The smallest absolute Gasteiger partial charge is 0.162 e. The normalized spacial score (nSPS) is 23.6. The summed E-state index contributed by atoms with van der Waals surface area (Å²) in [6, 6.07) is 0. The van der Waals surface area contributed by atoms with Gasteiger partial charge in [-0.15, -0.1) is 0 Å². The Hall–Kier alpha value is -1.03. The number of aliphatic hydroxyl groups is 1. The standard InChI is InChI=1S/C16H28N2O2/c1-5-10-18-14(13(20-4)11-17-18)15(19)12-8-6-7-9-16(12,2)3/h11-12,15,19H,5-10H2,1-4H3. The molecule has 0 saturated heterocycles. The van der Waals surface area contributed by atoms with Crippen LogP contribution < -0.4 is 4.74 Å². The number of hydrogen-bond acceptors (Lipinski definition) is 3. The minimum atomic E-state index is -0.491. The minimum absolute atomic E-state index is 0.171. The number of aliphatic hydroxyl groups excluding tert-OH is 1. The van der Waals surface area contributed by atoms with Crippen LogP contribution >= 0.6 is 0 Å². The molecule has 1 aliphatic carbocycles. The molecule has 0 spiro atoms. The molecule has 0 bridgehead atoms. The van der Waals surface area contributed by atoms with Gasteiger partial charge in [-0.3, -0.25) is 4.68 Å². The lowest BCUT2D eigenvalue weighted by Crippen LogP contribution is -2.33. The van der Waals surface area contributed by atoms with Gasteiger partial charge in [0.25, 0.3) is 0 Å². The summed E-state index contributed by atoms with van der Waals surface area (Å²) in [5.41, 5.74) is 1.03. The number of nitrogens with zero attached hydrogens (tertiary/aromatic N) is 2. The van der Waals surface area contributed by atoms with E-state index < -0.39 is 6.10 Å². The number of aromatic nitrogens is 2. The third kappa shape index (κ3) is 2.85. The SMILES string of the molecule is CCCn1ncc(OC)c1C(O)C1CCCCC1(C)C. The highest BCUT2D eigenvalue weighted by Crippen LogP contribution is 2.48. The Morgan fingerprint density at radius 2 is 2.25 bits per heavy atom. The van der Waals surface area contributed by atoms with Crippen molar-refractivity contribution in [1.82, 2.24) is 9.78 Å². The van der Waals surface area contributed by atoms with Gasteiger partial charge < -0.3 is 9.84 Å². The van der Waals surface area contributed by atoms with Crippen molar-refractivity contribution in [3.63, 3.8) is 0 Å². The van der Waals surface area contributed by atoms with E-state index in [4.69, 9.17) is 4.74 Å². The lowest BCUT2D eigenvalue weighted by Gasteiger charge is -2.41. The van der Waals surface area contributed by atoms with Crippen LogP contribution in [0.1, 0.15) is 64.7 Å². The Bertz CT molecular complexity index is 440. The molecule has 114 valence electrons. The fourth-order valence-electron chi connectivity index (χ4n) is 3.52. The van der Waals surface area contributed by atoms with Crippen molar-refractivity contribution >= 4 is 0 Å². The van der Waals surface area contributed by atoms with Crippen molar-refractivity contribution in [2.45, 2.75) is 65.5 Å². The molecular weight excluding hydrogens is 252 g/mol. The first-order valence-corrected chi connectivity index (χ1v) is 7.79. The third-order valence-corrected chi connectivity index (χ3v) is 4.75. The van der Waals surface area contributed by atoms with Crippen LogP contribution in [-0.4, -0.2) is 22.0 Å². The molecule has 0 aliphatic heterocycles. The highest BCUT2D eigenvalue weighted by molar-refractivity contribution is 5.28. The number of hydrogen-bond donors (Lipinski definition) is 1. The van der Waals surface area contributed by atoms with Gasteiger partial charge in [0.1, 0.15) is 11.8 Å². The summed E-state index contributed by atoms with van der Waals surface area (Å²) in [6.45, 7) is 7.48. The molecule has 1 aliphatic rings. The molecule has 0 aromatic carbocycles. The molecule has 2 rings (SSSR count). The summed E-state index contributed by atoms with van der Waals surface area (Å²) in [5.74, 6) is 0.991. The fourth-order valence-corrected chi connectivity index (χ4v) is 3.52. The lowest BCUT2D eigenvalue weighted by molar-refractivity contribution is -0.00231. The summed E-state index contributed by atoms with van der Waals surface area (Å²) >= 11 is 0. The minimum Gasteiger partial charge on any atom is -0.493 e. The van der Waals surface area contributed by atoms with Crippen LogP contribution in [0.15, 0.2) is 6.20 Å². The van der Waals surface area contributed by atoms with E-state index in [-0.39, 0.29) is 11.3 Å². The largest absolute Gasteiger partial charge is 0.493 e. The molecule has 1 fully saturated rings. The second kappa shape index (κ2) is 6.17. The molecule has 0 radical (unpaired) electrons. The fraction of sp³-hybridized carbons (Fsp3) is 0.812. The molecule has 1 aromatic heterocycles. The maximum atomic E-state index is 10.9. The maximum absolute atomic E-state index is 10.9. The Kier molecular flexibility index (Phi) is 4.74. The van der Waals surface area contributed by atoms with Gasteiger partial charge in [-0.2, -0.15) is 5.10 Å². The average Bonchev–Trinajstić information content (AvgIpc) is 2.81. The number of ether oxygens (including phenoxy) is 1. The monoisotopic (exact) mass is 280 g/mol. The van der Waals surface area contributed by atoms with Crippen molar-refractivity contribution in [3.8, 4) is 5.75 Å². The predicted molar refractivity (Wildman–Crippen MR) is 79.8 cm³/mol. The molecule has 2 unspecified atom stereocenters. The van der Waals surface area contributed by atoms with E-state index in [1.54, 1.807) is 13.3 Å². The molecule has 4 nitrogen and oxygen atoms in total. The van der Waals surface area contributed by atoms with Crippen molar-refractivity contribution < 1.29 is 9.84 Å². The molecular formula is C16H28N2O2. The zero-order chi connectivity index (χ0) is 14.8. The average molecular weight is 280 g/mol. The van der Waals surface area contributed by atoms with Gasteiger partial charge in [-0.1, -0.05) is 33.6 Å². The molecule has 20 heavy (non-hydrogen) atoms.